The van der Waals surface area contributed by atoms with E-state index in [0.29, 0.717) is 16.1 Å². The Morgan fingerprint density at radius 3 is 2.93 bits per heavy atom. The minimum absolute atomic E-state index is 0.476. The molecular weight excluding hydrogens is 218 g/mol. The van der Waals surface area contributed by atoms with Gasteiger partial charge in [-0.25, -0.2) is 0 Å². The lowest BCUT2D eigenvalue weighted by Crippen LogP contribution is -1.78. The molecule has 0 saturated heterocycles. The van der Waals surface area contributed by atoms with E-state index in [2.05, 4.69) is 0 Å². The molecule has 4 heteroatoms. The molecule has 0 amide bonds. The molecule has 2 aromatic rings. The van der Waals surface area contributed by atoms with Crippen molar-refractivity contribution < 1.29 is 4.79 Å². The van der Waals surface area contributed by atoms with Crippen LogP contribution in [0.2, 0.25) is 5.02 Å². The molecule has 0 spiro atoms. The summed E-state index contributed by atoms with van der Waals surface area (Å²) in [5.41, 5.74) is 1.06. The smallest absolute Gasteiger partial charge is 0.151 e. The van der Waals surface area contributed by atoms with E-state index >= 15 is 0 Å². The molecule has 14 heavy (non-hydrogen) atoms. The Balaban J connectivity index is 2.88. The van der Waals surface area contributed by atoms with Crippen LogP contribution in [-0.2, 0) is 0 Å². The molecule has 0 bridgehead atoms. The largest absolute Gasteiger partial charge is 0.298 e. The van der Waals surface area contributed by atoms with Crippen LogP contribution in [0.1, 0.15) is 15.9 Å². The van der Waals surface area contributed by atoms with Gasteiger partial charge in [0.25, 0.3) is 0 Å². The Hall–Kier alpha value is -1.37. The van der Waals surface area contributed by atoms with Crippen molar-refractivity contribution in [2.45, 2.75) is 0 Å². The summed E-state index contributed by atoms with van der Waals surface area (Å²) in [7, 11) is 0. The number of hydrogen-bond donors (Lipinski definition) is 0. The molecule has 1 aromatic carbocycles. The Labute approximate surface area is 89.3 Å². The summed E-state index contributed by atoms with van der Waals surface area (Å²) in [5.74, 6) is 0. The molecule has 2 rings (SSSR count). The van der Waals surface area contributed by atoms with Gasteiger partial charge in [0, 0.05) is 16.3 Å². The predicted molar refractivity (Wildman–Crippen MR) is 56.9 cm³/mol. The average molecular weight is 222 g/mol. The Bertz CT molecular complexity index is 553. The van der Waals surface area contributed by atoms with Crippen LogP contribution in [0.3, 0.4) is 0 Å². The third-order valence-corrected chi connectivity index (χ3v) is 3.37. The molecule has 0 aliphatic heterocycles. The summed E-state index contributed by atoms with van der Waals surface area (Å²) in [4.78, 5) is 10.7. The summed E-state index contributed by atoms with van der Waals surface area (Å²) in [6.45, 7) is 0. The van der Waals surface area contributed by atoms with E-state index < -0.39 is 0 Å². The van der Waals surface area contributed by atoms with Crippen LogP contribution in [0.25, 0.3) is 10.1 Å². The van der Waals surface area contributed by atoms with Crippen molar-refractivity contribution in [1.29, 1.82) is 5.26 Å². The maximum Gasteiger partial charge on any atom is 0.151 e. The zero-order valence-corrected chi connectivity index (χ0v) is 8.52. The Morgan fingerprint density at radius 2 is 2.29 bits per heavy atom. The molecule has 0 saturated carbocycles. The molecule has 0 fully saturated rings. The fraction of sp³-hybridized carbons (Fsp3) is 0. The quantitative estimate of drug-likeness (QED) is 0.694. The van der Waals surface area contributed by atoms with E-state index in [1.54, 1.807) is 17.5 Å². The SMILES string of the molecule is N#Cc1cc(Cl)c2scc(C=O)c2c1. The van der Waals surface area contributed by atoms with Crippen LogP contribution in [0.15, 0.2) is 17.5 Å². The van der Waals surface area contributed by atoms with E-state index in [1.165, 1.54) is 11.3 Å². The van der Waals surface area contributed by atoms with Gasteiger partial charge in [0.05, 0.1) is 21.4 Å². The van der Waals surface area contributed by atoms with Crippen molar-refractivity contribution in [1.82, 2.24) is 0 Å². The van der Waals surface area contributed by atoms with Gasteiger partial charge in [-0.1, -0.05) is 11.6 Å². The molecule has 1 aromatic heterocycles. The van der Waals surface area contributed by atoms with Crippen molar-refractivity contribution in [3.8, 4) is 6.07 Å². The van der Waals surface area contributed by atoms with Crippen molar-refractivity contribution in [2.75, 3.05) is 0 Å². The van der Waals surface area contributed by atoms with Crippen LogP contribution in [0.5, 0.6) is 0 Å². The molecule has 0 atom stereocenters. The predicted octanol–water partition coefficient (Wildman–Crippen LogP) is 3.24. The summed E-state index contributed by atoms with van der Waals surface area (Å²) in [6, 6.07) is 5.29. The molecule has 0 radical (unpaired) electrons. The molecule has 0 unspecified atom stereocenters. The highest BCUT2D eigenvalue weighted by molar-refractivity contribution is 7.18. The number of halogens is 1. The van der Waals surface area contributed by atoms with Gasteiger partial charge in [-0.15, -0.1) is 11.3 Å². The normalized spacial score (nSPS) is 10.0. The third-order valence-electron chi connectivity index (χ3n) is 1.91. The number of thiophene rings is 1. The number of benzene rings is 1. The van der Waals surface area contributed by atoms with Crippen molar-refractivity contribution in [3.05, 3.63) is 33.7 Å². The van der Waals surface area contributed by atoms with Gasteiger partial charge in [-0.2, -0.15) is 5.26 Å². The van der Waals surface area contributed by atoms with Crippen molar-refractivity contribution in [3.63, 3.8) is 0 Å². The van der Waals surface area contributed by atoms with E-state index in [-0.39, 0.29) is 0 Å². The maximum absolute atomic E-state index is 10.7. The van der Waals surface area contributed by atoms with Gasteiger partial charge in [0.2, 0.25) is 0 Å². The lowest BCUT2D eigenvalue weighted by molar-refractivity contribution is 0.112. The van der Waals surface area contributed by atoms with Crippen molar-refractivity contribution in [2.24, 2.45) is 0 Å². The van der Waals surface area contributed by atoms with Gasteiger partial charge >= 0.3 is 0 Å². The van der Waals surface area contributed by atoms with Crippen LogP contribution < -0.4 is 0 Å². The number of carbonyl (C=O) groups is 1. The van der Waals surface area contributed by atoms with Crippen LogP contribution in [-0.4, -0.2) is 6.29 Å². The number of rotatable bonds is 1. The van der Waals surface area contributed by atoms with E-state index in [4.69, 9.17) is 16.9 Å². The van der Waals surface area contributed by atoms with Crippen LogP contribution in [0, 0.1) is 11.3 Å². The number of nitrogens with zero attached hydrogens (tertiary/aromatic N) is 1. The van der Waals surface area contributed by atoms with Gasteiger partial charge in [0.1, 0.15) is 0 Å². The standard InChI is InChI=1S/C10H4ClNOS/c11-9-2-6(3-12)1-8-7(4-13)5-14-10(8)9/h1-2,4-5H. The molecule has 0 aliphatic carbocycles. The highest BCUT2D eigenvalue weighted by atomic mass is 35.5. The minimum Gasteiger partial charge on any atom is -0.298 e. The summed E-state index contributed by atoms with van der Waals surface area (Å²) in [5, 5.41) is 11.8. The number of aldehydes is 1. The van der Waals surface area contributed by atoms with Crippen LogP contribution >= 0.6 is 22.9 Å². The lowest BCUT2D eigenvalue weighted by Gasteiger charge is -1.95. The van der Waals surface area contributed by atoms with Gasteiger partial charge in [-0.3, -0.25) is 4.79 Å². The topological polar surface area (TPSA) is 40.9 Å². The molecule has 0 N–H and O–H groups in total. The molecule has 0 aliphatic rings. The number of nitriles is 1. The second kappa shape index (κ2) is 3.41. The van der Waals surface area contributed by atoms with Gasteiger partial charge in [0.15, 0.2) is 6.29 Å². The zero-order valence-electron chi connectivity index (χ0n) is 6.95. The lowest BCUT2D eigenvalue weighted by atomic mass is 10.1. The van der Waals surface area contributed by atoms with Gasteiger partial charge < -0.3 is 0 Å². The fourth-order valence-corrected chi connectivity index (χ4v) is 2.52. The number of hydrogen-bond acceptors (Lipinski definition) is 3. The van der Waals surface area contributed by atoms with E-state index in [1.807, 2.05) is 6.07 Å². The Morgan fingerprint density at radius 1 is 1.50 bits per heavy atom. The molecular formula is C10H4ClNOS. The van der Waals surface area contributed by atoms with E-state index in [9.17, 15) is 4.79 Å². The number of carbonyl (C=O) groups excluding carboxylic acids is 1. The average Bonchev–Trinajstić information content (AvgIpc) is 2.61. The second-order valence-corrected chi connectivity index (χ2v) is 4.04. The first kappa shape index (κ1) is 9.20. The molecule has 2 nitrogen and oxygen atoms in total. The first-order valence-electron chi connectivity index (χ1n) is 3.82. The monoisotopic (exact) mass is 221 g/mol. The first-order chi connectivity index (χ1) is 6.76. The first-order valence-corrected chi connectivity index (χ1v) is 5.08. The summed E-state index contributed by atoms with van der Waals surface area (Å²) in [6.07, 6.45) is 0.774. The third kappa shape index (κ3) is 1.29. The zero-order chi connectivity index (χ0) is 10.1. The fourth-order valence-electron chi connectivity index (χ4n) is 1.27. The Kier molecular flexibility index (Phi) is 2.24. The number of fused-ring (bicyclic) bond motifs is 1. The molecule has 1 heterocycles. The van der Waals surface area contributed by atoms with Crippen LogP contribution in [0.4, 0.5) is 0 Å². The van der Waals surface area contributed by atoms with Gasteiger partial charge in [-0.05, 0) is 12.1 Å². The second-order valence-electron chi connectivity index (χ2n) is 2.76. The summed E-state index contributed by atoms with van der Waals surface area (Å²) >= 11 is 7.37. The highest BCUT2D eigenvalue weighted by Gasteiger charge is 2.08. The van der Waals surface area contributed by atoms with Crippen molar-refractivity contribution >= 4 is 39.3 Å². The highest BCUT2D eigenvalue weighted by Crippen LogP contribution is 2.32. The molecule has 68 valence electrons. The maximum atomic E-state index is 10.7. The minimum atomic E-state index is 0.476. The summed E-state index contributed by atoms with van der Waals surface area (Å²) < 4.78 is 0.854. The van der Waals surface area contributed by atoms with E-state index in [0.717, 1.165) is 16.4 Å².